The molecule has 0 bridgehead atoms. The van der Waals surface area contributed by atoms with E-state index in [2.05, 4.69) is 0 Å². The van der Waals surface area contributed by atoms with E-state index in [9.17, 15) is 9.59 Å². The number of hydrogen-bond donors (Lipinski definition) is 0. The van der Waals surface area contributed by atoms with Crippen molar-refractivity contribution in [3.05, 3.63) is 82.6 Å². The summed E-state index contributed by atoms with van der Waals surface area (Å²) in [7, 11) is 4.58. The third kappa shape index (κ3) is 3.55. The molecule has 1 unspecified atom stereocenters. The van der Waals surface area contributed by atoms with Gasteiger partial charge in [-0.15, -0.1) is 0 Å². The summed E-state index contributed by atoms with van der Waals surface area (Å²) in [6.45, 7) is 0. The minimum atomic E-state index is -0.321. The van der Waals surface area contributed by atoms with Crippen LogP contribution in [0.2, 0.25) is 0 Å². The van der Waals surface area contributed by atoms with Gasteiger partial charge in [0.25, 0.3) is 0 Å². The molecule has 2 aliphatic rings. The number of benzene rings is 3. The summed E-state index contributed by atoms with van der Waals surface area (Å²) >= 11 is 0. The van der Waals surface area contributed by atoms with Crippen LogP contribution in [-0.4, -0.2) is 33.1 Å². The minimum absolute atomic E-state index is 0.154. The van der Waals surface area contributed by atoms with Gasteiger partial charge in [0, 0.05) is 11.5 Å². The van der Waals surface area contributed by atoms with Crippen LogP contribution in [0.1, 0.15) is 39.4 Å². The Morgan fingerprint density at radius 3 is 2.24 bits per heavy atom. The van der Waals surface area contributed by atoms with Crippen molar-refractivity contribution in [3.63, 3.8) is 0 Å². The molecule has 3 aromatic rings. The number of esters is 1. The molecule has 2 aliphatic heterocycles. The fraction of sp³-hybridized carbons (Fsp3) is 0.185. The molecule has 0 N–H and O–H groups in total. The molecule has 7 heteroatoms. The maximum Gasteiger partial charge on any atom is 0.312 e. The van der Waals surface area contributed by atoms with E-state index in [1.165, 1.54) is 21.3 Å². The van der Waals surface area contributed by atoms with Crippen molar-refractivity contribution in [1.82, 2.24) is 0 Å². The quantitative estimate of drug-likeness (QED) is 0.310. The highest BCUT2D eigenvalue weighted by molar-refractivity contribution is 6.15. The fourth-order valence-corrected chi connectivity index (χ4v) is 4.41. The van der Waals surface area contributed by atoms with Gasteiger partial charge < -0.3 is 23.7 Å². The maximum atomic E-state index is 13.2. The van der Waals surface area contributed by atoms with Crippen molar-refractivity contribution in [2.75, 3.05) is 21.3 Å². The number of carbonyl (C=O) groups excluding carboxylic acids is 2. The number of allylic oxidation sites excluding steroid dienone is 1. The number of ketones is 1. The van der Waals surface area contributed by atoms with Gasteiger partial charge in [-0.1, -0.05) is 30.3 Å². The van der Waals surface area contributed by atoms with E-state index in [4.69, 9.17) is 23.7 Å². The van der Waals surface area contributed by atoms with Crippen LogP contribution in [-0.2, 0) is 4.79 Å². The molecule has 7 nitrogen and oxygen atoms in total. The molecule has 0 radical (unpaired) electrons. The summed E-state index contributed by atoms with van der Waals surface area (Å²) < 4.78 is 27.8. The van der Waals surface area contributed by atoms with Crippen LogP contribution in [0.5, 0.6) is 28.7 Å². The molecule has 1 atom stereocenters. The average Bonchev–Trinajstić information content (AvgIpc) is 3.18. The third-order valence-corrected chi connectivity index (χ3v) is 5.97. The van der Waals surface area contributed by atoms with E-state index in [1.807, 2.05) is 30.3 Å². The lowest BCUT2D eigenvalue weighted by atomic mass is 9.85. The zero-order valence-corrected chi connectivity index (χ0v) is 18.9. The Balaban J connectivity index is 1.59. The Kier molecular flexibility index (Phi) is 5.45. The van der Waals surface area contributed by atoms with Gasteiger partial charge in [0.2, 0.25) is 11.5 Å². The van der Waals surface area contributed by atoms with Crippen molar-refractivity contribution in [2.24, 2.45) is 0 Å². The van der Waals surface area contributed by atoms with Gasteiger partial charge in [-0.05, 0) is 41.5 Å². The van der Waals surface area contributed by atoms with E-state index in [0.29, 0.717) is 45.4 Å². The van der Waals surface area contributed by atoms with Crippen LogP contribution < -0.4 is 23.7 Å². The summed E-state index contributed by atoms with van der Waals surface area (Å²) in [5.41, 5.74) is 2.72. The zero-order valence-electron chi connectivity index (χ0n) is 18.9. The predicted molar refractivity (Wildman–Crippen MR) is 124 cm³/mol. The molecule has 0 aromatic heterocycles. The molecule has 0 spiro atoms. The second-order valence-electron chi connectivity index (χ2n) is 7.89. The van der Waals surface area contributed by atoms with Crippen LogP contribution in [0.3, 0.4) is 0 Å². The highest BCUT2D eigenvalue weighted by Crippen LogP contribution is 2.49. The second-order valence-corrected chi connectivity index (χ2v) is 7.89. The number of ether oxygens (including phenoxy) is 5. The predicted octanol–water partition coefficient (Wildman–Crippen LogP) is 4.77. The molecule has 5 rings (SSSR count). The van der Waals surface area contributed by atoms with Crippen molar-refractivity contribution < 1.29 is 33.3 Å². The lowest BCUT2D eigenvalue weighted by Gasteiger charge is -2.26. The van der Waals surface area contributed by atoms with Crippen LogP contribution in [0.4, 0.5) is 0 Å². The molecular weight excluding hydrogens is 436 g/mol. The molecule has 172 valence electrons. The topological polar surface area (TPSA) is 80.3 Å². The SMILES string of the molecule is COc1cc(/C=C2\Oc3c(ccc4c3C(c3ccccc3)CC(=O)O4)C2=O)cc(OC)c1OC. The minimum Gasteiger partial charge on any atom is -0.493 e. The molecule has 34 heavy (non-hydrogen) atoms. The Bertz CT molecular complexity index is 1300. The van der Waals surface area contributed by atoms with Gasteiger partial charge in [0.15, 0.2) is 17.3 Å². The van der Waals surface area contributed by atoms with Crippen molar-refractivity contribution in [1.29, 1.82) is 0 Å². The van der Waals surface area contributed by atoms with Gasteiger partial charge in [0.05, 0.1) is 33.3 Å². The first-order valence-electron chi connectivity index (χ1n) is 10.7. The van der Waals surface area contributed by atoms with Crippen molar-refractivity contribution in [3.8, 4) is 28.7 Å². The first-order valence-corrected chi connectivity index (χ1v) is 10.7. The summed E-state index contributed by atoms with van der Waals surface area (Å²) in [5.74, 6) is 1.51. The van der Waals surface area contributed by atoms with Gasteiger partial charge >= 0.3 is 5.97 Å². The first kappa shape index (κ1) is 21.6. The molecule has 2 heterocycles. The summed E-state index contributed by atoms with van der Waals surface area (Å²) in [5, 5.41) is 0. The maximum absolute atomic E-state index is 13.2. The highest BCUT2D eigenvalue weighted by atomic mass is 16.5. The van der Waals surface area contributed by atoms with Crippen LogP contribution in [0.25, 0.3) is 6.08 Å². The van der Waals surface area contributed by atoms with Gasteiger partial charge in [-0.3, -0.25) is 9.59 Å². The number of rotatable bonds is 5. The molecule has 0 amide bonds. The van der Waals surface area contributed by atoms with E-state index in [1.54, 1.807) is 30.3 Å². The third-order valence-electron chi connectivity index (χ3n) is 5.97. The molecule has 0 saturated carbocycles. The van der Waals surface area contributed by atoms with Gasteiger partial charge in [-0.25, -0.2) is 0 Å². The Morgan fingerprint density at radius 2 is 1.59 bits per heavy atom. The summed E-state index contributed by atoms with van der Waals surface area (Å²) in [6.07, 6.45) is 1.79. The van der Waals surface area contributed by atoms with Gasteiger partial charge in [0.1, 0.15) is 11.5 Å². The van der Waals surface area contributed by atoms with E-state index in [-0.39, 0.29) is 29.9 Å². The zero-order chi connectivity index (χ0) is 23.8. The van der Waals surface area contributed by atoms with Gasteiger partial charge in [-0.2, -0.15) is 0 Å². The molecule has 3 aromatic carbocycles. The van der Waals surface area contributed by atoms with E-state index in [0.717, 1.165) is 5.56 Å². The summed E-state index contributed by atoms with van der Waals surface area (Å²) in [6, 6.07) is 16.4. The number of methoxy groups -OCH3 is 3. The highest BCUT2D eigenvalue weighted by Gasteiger charge is 2.38. The van der Waals surface area contributed by atoms with Crippen LogP contribution in [0.15, 0.2) is 60.4 Å². The number of fused-ring (bicyclic) bond motifs is 3. The smallest absolute Gasteiger partial charge is 0.312 e. The van der Waals surface area contributed by atoms with Crippen molar-refractivity contribution in [2.45, 2.75) is 12.3 Å². The molecule has 0 saturated heterocycles. The Morgan fingerprint density at radius 1 is 0.882 bits per heavy atom. The Labute approximate surface area is 196 Å². The second kappa shape index (κ2) is 8.59. The number of carbonyl (C=O) groups is 2. The largest absolute Gasteiger partial charge is 0.493 e. The molecule has 0 fully saturated rings. The lowest BCUT2D eigenvalue weighted by Crippen LogP contribution is -2.21. The molecular formula is C27H22O7. The standard InChI is InChI=1S/C27H22O7/c1-30-21-12-15(13-22(31-2)27(21)32-3)11-20-25(29)17-9-10-19-24(26(17)34-20)18(14-23(28)33-19)16-7-5-4-6-8-16/h4-13,18H,14H2,1-3H3/b20-11-. The van der Waals surface area contributed by atoms with Crippen molar-refractivity contribution >= 4 is 17.8 Å². The van der Waals surface area contributed by atoms with E-state index < -0.39 is 0 Å². The number of hydrogen-bond acceptors (Lipinski definition) is 7. The Hall–Kier alpha value is -4.26. The number of Topliss-reactive ketones (excluding diaryl/α,β-unsaturated/α-hetero) is 1. The molecule has 0 aliphatic carbocycles. The lowest BCUT2D eigenvalue weighted by molar-refractivity contribution is -0.135. The van der Waals surface area contributed by atoms with Crippen LogP contribution >= 0.6 is 0 Å². The average molecular weight is 458 g/mol. The van der Waals surface area contributed by atoms with E-state index >= 15 is 0 Å². The first-order chi connectivity index (χ1) is 16.5. The van der Waals surface area contributed by atoms with Crippen LogP contribution in [0, 0.1) is 0 Å². The monoisotopic (exact) mass is 458 g/mol. The fourth-order valence-electron chi connectivity index (χ4n) is 4.41. The summed E-state index contributed by atoms with van der Waals surface area (Å²) in [4.78, 5) is 25.5. The normalized spacial score (nSPS) is 17.5.